The molecule has 0 aromatic heterocycles. The van der Waals surface area contributed by atoms with Gasteiger partial charge < -0.3 is 10.6 Å². The maximum absolute atomic E-state index is 12.4. The lowest BCUT2D eigenvalue weighted by molar-refractivity contribution is -0.132. The fourth-order valence-corrected chi connectivity index (χ4v) is 3.12. The molecule has 6 nitrogen and oxygen atoms in total. The Kier molecular flexibility index (Phi) is 6.08. The molecule has 0 saturated carbocycles. The van der Waals surface area contributed by atoms with Gasteiger partial charge in [-0.25, -0.2) is 4.79 Å². The summed E-state index contributed by atoms with van der Waals surface area (Å²) in [6, 6.07) is 15.8. The highest BCUT2D eigenvalue weighted by atomic mass is 35.5. The Balaban J connectivity index is 1.51. The lowest BCUT2D eigenvalue weighted by atomic mass is 10.1. The molecular weight excluding hydrogens is 366 g/mol. The van der Waals surface area contributed by atoms with Crippen LogP contribution in [0.5, 0.6) is 0 Å². The average molecular weight is 386 g/mol. The van der Waals surface area contributed by atoms with E-state index >= 15 is 0 Å². The zero-order valence-corrected chi connectivity index (χ0v) is 15.4. The predicted molar refractivity (Wildman–Crippen MR) is 102 cm³/mol. The van der Waals surface area contributed by atoms with E-state index in [-0.39, 0.29) is 19.0 Å². The van der Waals surface area contributed by atoms with Gasteiger partial charge in [0.05, 0.1) is 0 Å². The predicted octanol–water partition coefficient (Wildman–Crippen LogP) is 2.51. The van der Waals surface area contributed by atoms with Gasteiger partial charge in [-0.3, -0.25) is 14.5 Å². The Morgan fingerprint density at radius 2 is 1.78 bits per heavy atom. The van der Waals surface area contributed by atoms with Crippen LogP contribution in [-0.4, -0.2) is 35.3 Å². The van der Waals surface area contributed by atoms with Crippen LogP contribution < -0.4 is 10.6 Å². The first-order chi connectivity index (χ1) is 13.0. The highest BCUT2D eigenvalue weighted by molar-refractivity contribution is 6.31. The minimum Gasteiger partial charge on any atom is -0.350 e. The largest absolute Gasteiger partial charge is 0.350 e. The molecule has 1 aliphatic rings. The first-order valence-electron chi connectivity index (χ1n) is 8.70. The number of hydrogen-bond donors (Lipinski definition) is 2. The van der Waals surface area contributed by atoms with Crippen molar-refractivity contribution in [3.05, 3.63) is 70.7 Å². The minimum atomic E-state index is -0.603. The number of rotatable bonds is 7. The average Bonchev–Trinajstić information content (AvgIpc) is 2.94. The van der Waals surface area contributed by atoms with Crippen LogP contribution in [-0.2, 0) is 22.6 Å². The van der Waals surface area contributed by atoms with E-state index in [9.17, 15) is 14.4 Å². The molecule has 3 rings (SSSR count). The Bertz CT molecular complexity index is 841. The van der Waals surface area contributed by atoms with E-state index in [0.29, 0.717) is 17.9 Å². The van der Waals surface area contributed by atoms with Crippen molar-refractivity contribution in [1.82, 2.24) is 15.5 Å². The maximum Gasteiger partial charge on any atom is 0.325 e. The van der Waals surface area contributed by atoms with Crippen molar-refractivity contribution in [3.63, 3.8) is 0 Å². The standard InChI is InChI=1S/C20H20ClN3O3/c21-16-9-5-4-8-15(16)12-22-18(25)13-24-19(26)17(23-20(24)27)11-10-14-6-2-1-3-7-14/h1-9,17H,10-13H2,(H,22,25)(H,23,27). The van der Waals surface area contributed by atoms with Gasteiger partial charge in [-0.1, -0.05) is 60.1 Å². The summed E-state index contributed by atoms with van der Waals surface area (Å²) in [7, 11) is 0. The number of halogens is 1. The molecule has 1 saturated heterocycles. The molecule has 0 aliphatic carbocycles. The highest BCUT2D eigenvalue weighted by Gasteiger charge is 2.38. The molecule has 1 fully saturated rings. The van der Waals surface area contributed by atoms with E-state index in [1.54, 1.807) is 18.2 Å². The van der Waals surface area contributed by atoms with Crippen LogP contribution in [0.15, 0.2) is 54.6 Å². The number of urea groups is 1. The molecule has 27 heavy (non-hydrogen) atoms. The Morgan fingerprint density at radius 3 is 2.52 bits per heavy atom. The molecule has 140 valence electrons. The fourth-order valence-electron chi connectivity index (χ4n) is 2.91. The molecule has 1 heterocycles. The zero-order chi connectivity index (χ0) is 19.2. The van der Waals surface area contributed by atoms with Gasteiger partial charge in [-0.2, -0.15) is 0 Å². The topological polar surface area (TPSA) is 78.5 Å². The van der Waals surface area contributed by atoms with Crippen molar-refractivity contribution in [2.24, 2.45) is 0 Å². The van der Waals surface area contributed by atoms with Crippen molar-refractivity contribution in [2.45, 2.75) is 25.4 Å². The summed E-state index contributed by atoms with van der Waals surface area (Å²) in [5.41, 5.74) is 1.86. The third kappa shape index (κ3) is 4.86. The van der Waals surface area contributed by atoms with Gasteiger partial charge in [-0.15, -0.1) is 0 Å². The summed E-state index contributed by atoms with van der Waals surface area (Å²) in [6.07, 6.45) is 1.16. The van der Waals surface area contributed by atoms with Crippen LogP contribution in [0.25, 0.3) is 0 Å². The van der Waals surface area contributed by atoms with Gasteiger partial charge in [0, 0.05) is 11.6 Å². The molecule has 2 aromatic carbocycles. The van der Waals surface area contributed by atoms with Crippen molar-refractivity contribution in [3.8, 4) is 0 Å². The maximum atomic E-state index is 12.4. The summed E-state index contributed by atoms with van der Waals surface area (Å²) in [5.74, 6) is -0.786. The number of nitrogens with one attached hydrogen (secondary N) is 2. The number of hydrogen-bond acceptors (Lipinski definition) is 3. The number of benzene rings is 2. The summed E-state index contributed by atoms with van der Waals surface area (Å²) in [5, 5.41) is 5.88. The molecule has 0 bridgehead atoms. The summed E-state index contributed by atoms with van der Waals surface area (Å²) in [6.45, 7) is -0.0729. The van der Waals surface area contributed by atoms with Crippen molar-refractivity contribution >= 4 is 29.4 Å². The van der Waals surface area contributed by atoms with Crippen LogP contribution in [0.1, 0.15) is 17.5 Å². The quantitative estimate of drug-likeness (QED) is 0.719. The van der Waals surface area contributed by atoms with Gasteiger partial charge in [0.1, 0.15) is 12.6 Å². The molecule has 1 unspecified atom stereocenters. The van der Waals surface area contributed by atoms with E-state index in [0.717, 1.165) is 16.0 Å². The van der Waals surface area contributed by atoms with Crippen LogP contribution in [0, 0.1) is 0 Å². The fraction of sp³-hybridized carbons (Fsp3) is 0.250. The van der Waals surface area contributed by atoms with E-state index in [4.69, 9.17) is 11.6 Å². The third-order valence-electron chi connectivity index (χ3n) is 4.41. The second kappa shape index (κ2) is 8.68. The number of imide groups is 1. The van der Waals surface area contributed by atoms with Gasteiger partial charge in [-0.05, 0) is 30.0 Å². The second-order valence-electron chi connectivity index (χ2n) is 6.32. The molecule has 1 atom stereocenters. The molecule has 4 amide bonds. The first-order valence-corrected chi connectivity index (χ1v) is 9.08. The van der Waals surface area contributed by atoms with Crippen LogP contribution in [0.3, 0.4) is 0 Å². The van der Waals surface area contributed by atoms with Crippen LogP contribution in [0.2, 0.25) is 5.02 Å². The van der Waals surface area contributed by atoms with Crippen molar-refractivity contribution in [2.75, 3.05) is 6.54 Å². The minimum absolute atomic E-state index is 0.236. The number of nitrogens with zero attached hydrogens (tertiary/aromatic N) is 1. The van der Waals surface area contributed by atoms with Crippen LogP contribution in [0.4, 0.5) is 4.79 Å². The number of amides is 4. The molecule has 1 aliphatic heterocycles. The Morgan fingerprint density at radius 1 is 1.07 bits per heavy atom. The Labute approximate surface area is 162 Å². The molecule has 0 spiro atoms. The zero-order valence-electron chi connectivity index (χ0n) is 14.7. The Hall–Kier alpha value is -2.86. The number of carbonyl (C=O) groups is 3. The highest BCUT2D eigenvalue weighted by Crippen LogP contribution is 2.15. The molecule has 2 aromatic rings. The van der Waals surface area contributed by atoms with E-state index < -0.39 is 18.0 Å². The lowest BCUT2D eigenvalue weighted by Crippen LogP contribution is -2.41. The first kappa shape index (κ1) is 18.9. The number of carbonyl (C=O) groups excluding carboxylic acids is 3. The summed E-state index contributed by atoms with van der Waals surface area (Å²) in [4.78, 5) is 37.6. The SMILES string of the molecule is O=C(CN1C(=O)NC(CCc2ccccc2)C1=O)NCc1ccccc1Cl. The third-order valence-corrected chi connectivity index (χ3v) is 4.78. The smallest absolute Gasteiger partial charge is 0.325 e. The lowest BCUT2D eigenvalue weighted by Gasteiger charge is -2.13. The summed E-state index contributed by atoms with van der Waals surface area (Å²) >= 11 is 6.05. The van der Waals surface area contributed by atoms with Crippen molar-refractivity contribution < 1.29 is 14.4 Å². The number of aryl methyl sites for hydroxylation is 1. The normalized spacial score (nSPS) is 16.3. The van der Waals surface area contributed by atoms with Gasteiger partial charge in [0.25, 0.3) is 5.91 Å². The van der Waals surface area contributed by atoms with E-state index in [1.807, 2.05) is 36.4 Å². The monoisotopic (exact) mass is 385 g/mol. The van der Waals surface area contributed by atoms with Crippen LogP contribution >= 0.6 is 11.6 Å². The van der Waals surface area contributed by atoms with Gasteiger partial charge in [0.2, 0.25) is 5.91 Å². The summed E-state index contributed by atoms with van der Waals surface area (Å²) < 4.78 is 0. The van der Waals surface area contributed by atoms with E-state index in [1.165, 1.54) is 0 Å². The van der Waals surface area contributed by atoms with Crippen molar-refractivity contribution in [1.29, 1.82) is 0 Å². The molecule has 7 heteroatoms. The van der Waals surface area contributed by atoms with Gasteiger partial charge >= 0.3 is 6.03 Å². The van der Waals surface area contributed by atoms with Gasteiger partial charge in [0.15, 0.2) is 0 Å². The van der Waals surface area contributed by atoms with E-state index in [2.05, 4.69) is 10.6 Å². The molecular formula is C20H20ClN3O3. The second-order valence-corrected chi connectivity index (χ2v) is 6.73. The molecule has 2 N–H and O–H groups in total. The molecule has 0 radical (unpaired) electrons.